The summed E-state index contributed by atoms with van der Waals surface area (Å²) in [7, 11) is 0. The van der Waals surface area contributed by atoms with Crippen molar-refractivity contribution in [1.29, 1.82) is 0 Å². The van der Waals surface area contributed by atoms with E-state index in [1.807, 2.05) is 5.92 Å². The molecule has 0 bridgehead atoms. The van der Waals surface area contributed by atoms with Crippen molar-refractivity contribution < 1.29 is 13.2 Å². The van der Waals surface area contributed by atoms with E-state index in [1.54, 1.807) is 0 Å². The molecular formula is C7H2ClF3N2. The average Bonchev–Trinajstić information content (AvgIpc) is 2.03. The summed E-state index contributed by atoms with van der Waals surface area (Å²) >= 11 is 5.22. The Kier molecular flexibility index (Phi) is 2.43. The van der Waals surface area contributed by atoms with Crippen molar-refractivity contribution in [3.8, 4) is 12.3 Å². The van der Waals surface area contributed by atoms with E-state index < -0.39 is 16.9 Å². The zero-order valence-corrected chi connectivity index (χ0v) is 6.82. The highest BCUT2D eigenvalue weighted by molar-refractivity contribution is 6.31. The van der Waals surface area contributed by atoms with Crippen molar-refractivity contribution in [3.05, 3.63) is 22.7 Å². The second-order valence-corrected chi connectivity index (χ2v) is 2.44. The van der Waals surface area contributed by atoms with Crippen LogP contribution in [0.2, 0.25) is 5.02 Å². The molecule has 0 aliphatic carbocycles. The highest BCUT2D eigenvalue weighted by atomic mass is 35.5. The molecule has 0 aromatic carbocycles. The van der Waals surface area contributed by atoms with Crippen LogP contribution in [0.1, 0.15) is 11.5 Å². The average molecular weight is 207 g/mol. The summed E-state index contributed by atoms with van der Waals surface area (Å²) in [4.78, 5) is 6.45. The van der Waals surface area contributed by atoms with Crippen molar-refractivity contribution in [1.82, 2.24) is 9.97 Å². The Hall–Kier alpha value is -1.28. The molecule has 6 heteroatoms. The fourth-order valence-electron chi connectivity index (χ4n) is 0.635. The van der Waals surface area contributed by atoms with E-state index in [9.17, 15) is 13.2 Å². The minimum atomic E-state index is -4.61. The van der Waals surface area contributed by atoms with E-state index in [0.717, 1.165) is 6.20 Å². The summed E-state index contributed by atoms with van der Waals surface area (Å²) in [5.41, 5.74) is -1.21. The van der Waals surface area contributed by atoms with Crippen LogP contribution in [0.25, 0.3) is 0 Å². The quantitative estimate of drug-likeness (QED) is 0.608. The van der Waals surface area contributed by atoms with Crippen LogP contribution in [-0.2, 0) is 6.18 Å². The number of rotatable bonds is 0. The standard InChI is InChI=1S/C7H2ClF3N2/c1-2-5-12-3-4(8)6(13-5)7(9,10)11/h1,3H. The second-order valence-electron chi connectivity index (χ2n) is 2.03. The normalized spacial score (nSPS) is 11.0. The van der Waals surface area contributed by atoms with Gasteiger partial charge in [-0.05, 0) is 5.92 Å². The zero-order valence-electron chi connectivity index (χ0n) is 6.06. The maximum Gasteiger partial charge on any atom is 0.435 e. The second kappa shape index (κ2) is 3.23. The molecule has 1 aromatic heterocycles. The van der Waals surface area contributed by atoms with E-state index >= 15 is 0 Å². The van der Waals surface area contributed by atoms with Crippen LogP contribution in [-0.4, -0.2) is 9.97 Å². The zero-order chi connectivity index (χ0) is 10.1. The SMILES string of the molecule is C#Cc1ncc(Cl)c(C(F)(F)F)n1. The van der Waals surface area contributed by atoms with Gasteiger partial charge >= 0.3 is 6.18 Å². The summed E-state index contributed by atoms with van der Waals surface area (Å²) in [6.45, 7) is 0. The van der Waals surface area contributed by atoms with Gasteiger partial charge in [-0.25, -0.2) is 9.97 Å². The number of alkyl halides is 3. The van der Waals surface area contributed by atoms with Crippen molar-refractivity contribution in [2.45, 2.75) is 6.18 Å². The molecule has 0 N–H and O–H groups in total. The van der Waals surface area contributed by atoms with Gasteiger partial charge in [0, 0.05) is 0 Å². The lowest BCUT2D eigenvalue weighted by Gasteiger charge is -2.06. The predicted octanol–water partition coefficient (Wildman–Crippen LogP) is 2.13. The summed E-state index contributed by atoms with van der Waals surface area (Å²) in [5.74, 6) is 1.55. The molecule has 0 fully saturated rings. The van der Waals surface area contributed by atoms with Gasteiger partial charge in [0.1, 0.15) is 0 Å². The van der Waals surface area contributed by atoms with E-state index in [-0.39, 0.29) is 5.82 Å². The topological polar surface area (TPSA) is 25.8 Å². The first kappa shape index (κ1) is 9.81. The molecule has 13 heavy (non-hydrogen) atoms. The highest BCUT2D eigenvalue weighted by Gasteiger charge is 2.35. The van der Waals surface area contributed by atoms with Crippen LogP contribution in [0.4, 0.5) is 13.2 Å². The molecule has 0 amide bonds. The van der Waals surface area contributed by atoms with Crippen LogP contribution in [0.15, 0.2) is 6.20 Å². The van der Waals surface area contributed by atoms with Gasteiger partial charge in [0.2, 0.25) is 5.82 Å². The van der Waals surface area contributed by atoms with E-state index in [1.165, 1.54) is 0 Å². The fraction of sp³-hybridized carbons (Fsp3) is 0.143. The van der Waals surface area contributed by atoms with Crippen LogP contribution in [0.3, 0.4) is 0 Å². The van der Waals surface area contributed by atoms with Crippen molar-refractivity contribution in [2.24, 2.45) is 0 Å². The first-order chi connectivity index (χ1) is 5.95. The first-order valence-corrected chi connectivity index (χ1v) is 3.39. The van der Waals surface area contributed by atoms with Crippen LogP contribution in [0.5, 0.6) is 0 Å². The monoisotopic (exact) mass is 206 g/mol. The first-order valence-electron chi connectivity index (χ1n) is 3.01. The highest BCUT2D eigenvalue weighted by Crippen LogP contribution is 2.32. The molecule has 0 radical (unpaired) electrons. The number of hydrogen-bond acceptors (Lipinski definition) is 2. The lowest BCUT2D eigenvalue weighted by atomic mass is 10.4. The van der Waals surface area contributed by atoms with Gasteiger partial charge in [-0.1, -0.05) is 11.6 Å². The molecule has 0 saturated heterocycles. The van der Waals surface area contributed by atoms with Crippen molar-refractivity contribution >= 4 is 11.6 Å². The van der Waals surface area contributed by atoms with Crippen LogP contribution < -0.4 is 0 Å². The van der Waals surface area contributed by atoms with Crippen molar-refractivity contribution in [2.75, 3.05) is 0 Å². The minimum Gasteiger partial charge on any atom is -0.228 e. The molecule has 1 heterocycles. The molecule has 2 nitrogen and oxygen atoms in total. The Labute approximate surface area is 76.8 Å². The summed E-state index contributed by atoms with van der Waals surface area (Å²) < 4.78 is 36.4. The molecule has 0 spiro atoms. The Balaban J connectivity index is 3.29. The maximum atomic E-state index is 12.1. The third-order valence-electron chi connectivity index (χ3n) is 1.14. The van der Waals surface area contributed by atoms with E-state index in [4.69, 9.17) is 18.0 Å². The minimum absolute atomic E-state index is 0.336. The Morgan fingerprint density at radius 1 is 1.46 bits per heavy atom. The summed E-state index contributed by atoms with van der Waals surface area (Å²) in [6.07, 6.45) is 1.05. The largest absolute Gasteiger partial charge is 0.435 e. The number of hydrogen-bond donors (Lipinski definition) is 0. The molecule has 0 atom stereocenters. The molecular weight excluding hydrogens is 205 g/mol. The Morgan fingerprint density at radius 3 is 2.54 bits per heavy atom. The number of halogens is 4. The predicted molar refractivity (Wildman–Crippen MR) is 40.0 cm³/mol. The Morgan fingerprint density at radius 2 is 2.08 bits per heavy atom. The van der Waals surface area contributed by atoms with Gasteiger partial charge in [-0.15, -0.1) is 6.42 Å². The molecule has 0 aliphatic rings. The summed E-state index contributed by atoms with van der Waals surface area (Å²) in [5, 5.41) is -0.563. The lowest BCUT2D eigenvalue weighted by Crippen LogP contribution is -2.10. The van der Waals surface area contributed by atoms with E-state index in [0.29, 0.717) is 0 Å². The molecule has 1 rings (SSSR count). The lowest BCUT2D eigenvalue weighted by molar-refractivity contribution is -0.141. The third kappa shape index (κ3) is 2.10. The van der Waals surface area contributed by atoms with Crippen LogP contribution in [0, 0.1) is 12.3 Å². The Bertz CT molecular complexity index is 367. The molecule has 0 saturated carbocycles. The molecule has 1 aromatic rings. The van der Waals surface area contributed by atoms with Gasteiger partial charge in [-0.2, -0.15) is 13.2 Å². The smallest absolute Gasteiger partial charge is 0.228 e. The number of terminal acetylenes is 1. The van der Waals surface area contributed by atoms with Gasteiger partial charge in [0.25, 0.3) is 0 Å². The molecule has 68 valence electrons. The summed E-state index contributed by atoms with van der Waals surface area (Å²) in [6, 6.07) is 0. The van der Waals surface area contributed by atoms with Gasteiger partial charge in [0.05, 0.1) is 11.2 Å². The maximum absolute atomic E-state index is 12.1. The van der Waals surface area contributed by atoms with Gasteiger partial charge in [-0.3, -0.25) is 0 Å². The molecule has 0 unspecified atom stereocenters. The number of aromatic nitrogens is 2. The van der Waals surface area contributed by atoms with Crippen LogP contribution >= 0.6 is 11.6 Å². The van der Waals surface area contributed by atoms with Crippen molar-refractivity contribution in [3.63, 3.8) is 0 Å². The molecule has 0 aliphatic heterocycles. The number of nitrogens with zero attached hydrogens (tertiary/aromatic N) is 2. The fourth-order valence-corrected chi connectivity index (χ4v) is 0.834. The third-order valence-corrected chi connectivity index (χ3v) is 1.42. The van der Waals surface area contributed by atoms with E-state index in [2.05, 4.69) is 9.97 Å². The van der Waals surface area contributed by atoms with Gasteiger partial charge in [0.15, 0.2) is 5.69 Å². The van der Waals surface area contributed by atoms with Gasteiger partial charge < -0.3 is 0 Å².